The monoisotopic (exact) mass is 284 g/mol. The largest absolute Gasteiger partial charge is 0.495 e. The minimum Gasteiger partial charge on any atom is -0.495 e. The number of benzene rings is 2. The molecule has 3 nitrogen and oxygen atoms in total. The summed E-state index contributed by atoms with van der Waals surface area (Å²) in [6.45, 7) is 2.05. The lowest BCUT2D eigenvalue weighted by Gasteiger charge is -2.08. The molecule has 0 atom stereocenters. The Morgan fingerprint density at radius 3 is 2.70 bits per heavy atom. The average Bonchev–Trinajstić information content (AvgIpc) is 2.46. The summed E-state index contributed by atoms with van der Waals surface area (Å²) >= 11 is 1.75. The fourth-order valence-electron chi connectivity index (χ4n) is 1.91. The quantitative estimate of drug-likeness (QED) is 0.686. The maximum Gasteiger partial charge on any atom is 0.136 e. The number of ether oxygens (including phenoxy) is 1. The molecular formula is C16H16N2OS. The van der Waals surface area contributed by atoms with Gasteiger partial charge in [0.05, 0.1) is 12.7 Å². The molecular weight excluding hydrogens is 268 g/mol. The van der Waals surface area contributed by atoms with Crippen LogP contribution in [-0.2, 0) is 5.75 Å². The van der Waals surface area contributed by atoms with E-state index < -0.39 is 0 Å². The lowest BCUT2D eigenvalue weighted by atomic mass is 10.1. The predicted octanol–water partition coefficient (Wildman–Crippen LogP) is 3.75. The highest BCUT2D eigenvalue weighted by Crippen LogP contribution is 2.29. The molecule has 0 bridgehead atoms. The van der Waals surface area contributed by atoms with Crippen molar-refractivity contribution in [1.82, 2.24) is 0 Å². The molecule has 0 aromatic heterocycles. The Labute approximate surface area is 123 Å². The van der Waals surface area contributed by atoms with Gasteiger partial charge in [-0.2, -0.15) is 5.26 Å². The number of nitrogen functional groups attached to an aromatic ring is 1. The van der Waals surface area contributed by atoms with Crippen molar-refractivity contribution in [2.24, 2.45) is 0 Å². The topological polar surface area (TPSA) is 59.0 Å². The average molecular weight is 284 g/mol. The standard InChI is InChI=1S/C16H16N2OS/c1-11-7-14(18)5-6-16(11)20-10-12-3-4-13(9-17)15(8-12)19-2/h3-8H,10,18H2,1-2H3. The van der Waals surface area contributed by atoms with Crippen molar-refractivity contribution in [3.63, 3.8) is 0 Å². The van der Waals surface area contributed by atoms with Crippen LogP contribution in [-0.4, -0.2) is 7.11 Å². The summed E-state index contributed by atoms with van der Waals surface area (Å²) in [7, 11) is 1.58. The Morgan fingerprint density at radius 1 is 1.25 bits per heavy atom. The number of nitrogens with two attached hydrogens (primary N) is 1. The molecule has 20 heavy (non-hydrogen) atoms. The van der Waals surface area contributed by atoms with Gasteiger partial charge in [0.25, 0.3) is 0 Å². The van der Waals surface area contributed by atoms with E-state index in [-0.39, 0.29) is 0 Å². The molecule has 0 fully saturated rings. The Hall–Kier alpha value is -2.12. The summed E-state index contributed by atoms with van der Waals surface area (Å²) in [4.78, 5) is 1.21. The van der Waals surface area contributed by atoms with Gasteiger partial charge in [-0.05, 0) is 48.4 Å². The number of nitriles is 1. The minimum atomic E-state index is 0.560. The lowest BCUT2D eigenvalue weighted by molar-refractivity contribution is 0.413. The van der Waals surface area contributed by atoms with Crippen molar-refractivity contribution in [3.05, 3.63) is 53.1 Å². The number of methoxy groups -OCH3 is 1. The van der Waals surface area contributed by atoms with Crippen molar-refractivity contribution in [3.8, 4) is 11.8 Å². The van der Waals surface area contributed by atoms with E-state index in [9.17, 15) is 0 Å². The van der Waals surface area contributed by atoms with Crippen LogP contribution < -0.4 is 10.5 Å². The first-order chi connectivity index (χ1) is 9.63. The van der Waals surface area contributed by atoms with E-state index in [0.29, 0.717) is 11.3 Å². The summed E-state index contributed by atoms with van der Waals surface area (Å²) in [5.41, 5.74) is 9.40. The van der Waals surface area contributed by atoms with E-state index in [1.165, 1.54) is 10.5 Å². The van der Waals surface area contributed by atoms with Gasteiger partial charge in [0.15, 0.2) is 0 Å². The van der Waals surface area contributed by atoms with Gasteiger partial charge in [-0.25, -0.2) is 0 Å². The van der Waals surface area contributed by atoms with Crippen LogP contribution in [0.3, 0.4) is 0 Å². The highest BCUT2D eigenvalue weighted by molar-refractivity contribution is 7.98. The van der Waals surface area contributed by atoms with Crippen molar-refractivity contribution >= 4 is 17.4 Å². The highest BCUT2D eigenvalue weighted by atomic mass is 32.2. The highest BCUT2D eigenvalue weighted by Gasteiger charge is 2.05. The van der Waals surface area contributed by atoms with Crippen molar-refractivity contribution < 1.29 is 4.74 Å². The molecule has 0 amide bonds. The molecule has 0 unspecified atom stereocenters. The Balaban J connectivity index is 2.13. The molecule has 0 spiro atoms. The Kier molecular flexibility index (Phi) is 4.54. The fourth-order valence-corrected chi connectivity index (χ4v) is 2.87. The number of hydrogen-bond acceptors (Lipinski definition) is 4. The molecule has 102 valence electrons. The van der Waals surface area contributed by atoms with Gasteiger partial charge in [0, 0.05) is 16.3 Å². The Bertz CT molecular complexity index is 662. The van der Waals surface area contributed by atoms with Crippen molar-refractivity contribution in [2.75, 3.05) is 12.8 Å². The third kappa shape index (κ3) is 3.25. The maximum absolute atomic E-state index is 8.96. The van der Waals surface area contributed by atoms with Gasteiger partial charge in [-0.3, -0.25) is 0 Å². The van der Waals surface area contributed by atoms with Gasteiger partial charge < -0.3 is 10.5 Å². The summed E-state index contributed by atoms with van der Waals surface area (Å²) in [5, 5.41) is 8.96. The van der Waals surface area contributed by atoms with Crippen LogP contribution in [0, 0.1) is 18.3 Å². The second-order valence-corrected chi connectivity index (χ2v) is 5.48. The van der Waals surface area contributed by atoms with Crippen LogP contribution in [0.4, 0.5) is 5.69 Å². The first kappa shape index (κ1) is 14.3. The summed E-state index contributed by atoms with van der Waals surface area (Å²) in [6, 6.07) is 13.7. The van der Waals surface area contributed by atoms with Gasteiger partial charge in [-0.1, -0.05) is 6.07 Å². The number of aryl methyl sites for hydroxylation is 1. The maximum atomic E-state index is 8.96. The fraction of sp³-hybridized carbons (Fsp3) is 0.188. The molecule has 2 aromatic rings. The molecule has 2 rings (SSSR count). The zero-order valence-corrected chi connectivity index (χ0v) is 12.3. The third-order valence-electron chi connectivity index (χ3n) is 2.98. The number of rotatable bonds is 4. The molecule has 0 radical (unpaired) electrons. The third-order valence-corrected chi connectivity index (χ3v) is 4.23. The van der Waals surface area contributed by atoms with E-state index >= 15 is 0 Å². The summed E-state index contributed by atoms with van der Waals surface area (Å²) < 4.78 is 5.22. The first-order valence-electron chi connectivity index (χ1n) is 6.20. The van der Waals surface area contributed by atoms with Gasteiger partial charge in [-0.15, -0.1) is 11.8 Å². The molecule has 2 aromatic carbocycles. The van der Waals surface area contributed by atoms with Crippen molar-refractivity contribution in [2.45, 2.75) is 17.6 Å². The second-order valence-electron chi connectivity index (χ2n) is 4.46. The zero-order valence-electron chi connectivity index (χ0n) is 11.5. The van der Waals surface area contributed by atoms with E-state index in [1.807, 2.05) is 30.3 Å². The van der Waals surface area contributed by atoms with E-state index in [2.05, 4.69) is 13.0 Å². The molecule has 2 N–H and O–H groups in total. The van der Waals surface area contributed by atoms with E-state index in [4.69, 9.17) is 15.7 Å². The van der Waals surface area contributed by atoms with Gasteiger partial charge >= 0.3 is 0 Å². The number of anilines is 1. The van der Waals surface area contributed by atoms with Gasteiger partial charge in [0.2, 0.25) is 0 Å². The smallest absolute Gasteiger partial charge is 0.136 e. The molecule has 4 heteroatoms. The summed E-state index contributed by atoms with van der Waals surface area (Å²) in [5.74, 6) is 1.45. The molecule has 0 saturated carbocycles. The minimum absolute atomic E-state index is 0.560. The SMILES string of the molecule is COc1cc(CSc2ccc(N)cc2C)ccc1C#N. The van der Waals surface area contributed by atoms with Crippen LogP contribution in [0.1, 0.15) is 16.7 Å². The zero-order chi connectivity index (χ0) is 14.5. The molecule has 0 aliphatic heterocycles. The second kappa shape index (κ2) is 6.36. The van der Waals surface area contributed by atoms with Crippen LogP contribution in [0.25, 0.3) is 0 Å². The number of nitrogens with zero attached hydrogens (tertiary/aromatic N) is 1. The Morgan fingerprint density at radius 2 is 2.05 bits per heavy atom. The number of hydrogen-bond donors (Lipinski definition) is 1. The van der Waals surface area contributed by atoms with E-state index in [1.54, 1.807) is 24.9 Å². The molecule has 0 heterocycles. The lowest BCUT2D eigenvalue weighted by Crippen LogP contribution is -1.91. The van der Waals surface area contributed by atoms with Gasteiger partial charge in [0.1, 0.15) is 11.8 Å². The van der Waals surface area contributed by atoms with Crippen molar-refractivity contribution in [1.29, 1.82) is 5.26 Å². The molecule has 0 saturated heterocycles. The van der Waals surface area contributed by atoms with Crippen LogP contribution in [0.5, 0.6) is 5.75 Å². The molecule has 0 aliphatic carbocycles. The van der Waals surface area contributed by atoms with E-state index in [0.717, 1.165) is 17.0 Å². The van der Waals surface area contributed by atoms with Crippen LogP contribution in [0.15, 0.2) is 41.3 Å². The van der Waals surface area contributed by atoms with Crippen LogP contribution in [0.2, 0.25) is 0 Å². The van der Waals surface area contributed by atoms with Crippen LogP contribution >= 0.6 is 11.8 Å². The first-order valence-corrected chi connectivity index (χ1v) is 7.18. The normalized spacial score (nSPS) is 10.1. The molecule has 0 aliphatic rings. The number of thioether (sulfide) groups is 1. The predicted molar refractivity (Wildman–Crippen MR) is 82.9 cm³/mol. The summed E-state index contributed by atoms with van der Waals surface area (Å²) in [6.07, 6.45) is 0.